The maximum atomic E-state index is 3.07. The van der Waals surface area contributed by atoms with Crippen molar-refractivity contribution >= 4 is 5.69 Å². The predicted octanol–water partition coefficient (Wildman–Crippen LogP) is 2.33. The van der Waals surface area contributed by atoms with Gasteiger partial charge in [-0.2, -0.15) is 0 Å². The lowest BCUT2D eigenvalue weighted by molar-refractivity contribution is 0.866. The highest BCUT2D eigenvalue weighted by Crippen LogP contribution is 2.10. The Hall–Kier alpha value is -0.980. The molecule has 1 heteroatoms. The molecule has 0 aliphatic rings. The first-order valence-electron chi connectivity index (χ1n) is 4.09. The van der Waals surface area contributed by atoms with Crippen molar-refractivity contribution < 1.29 is 0 Å². The summed E-state index contributed by atoms with van der Waals surface area (Å²) in [5.74, 6) is 0. The highest BCUT2D eigenvalue weighted by molar-refractivity contribution is 5.45. The molecule has 1 aromatic carbocycles. The Labute approximate surface area is 68.7 Å². The first-order chi connectivity index (χ1) is 5.38. The van der Waals surface area contributed by atoms with Crippen molar-refractivity contribution in [1.82, 2.24) is 0 Å². The van der Waals surface area contributed by atoms with E-state index in [0.29, 0.717) is 0 Å². The van der Waals surface area contributed by atoms with Crippen LogP contribution in [0.1, 0.15) is 13.8 Å². The van der Waals surface area contributed by atoms with Gasteiger partial charge in [-0.15, -0.1) is 0 Å². The smallest absolute Gasteiger partial charge is 0.0372 e. The quantitative estimate of drug-likeness (QED) is 0.636. The zero-order chi connectivity index (χ0) is 8.10. The normalized spacial score (nSPS) is 9.64. The third-order valence-electron chi connectivity index (χ3n) is 1.82. The topological polar surface area (TPSA) is 3.24 Å². The minimum atomic E-state index is 1.06. The molecule has 59 valence electrons. The van der Waals surface area contributed by atoms with E-state index in [-0.39, 0.29) is 0 Å². The Morgan fingerprint density at radius 1 is 1.36 bits per heavy atom. The highest BCUT2D eigenvalue weighted by Gasteiger charge is 1.97. The average molecular weight is 148 g/mol. The Morgan fingerprint density at radius 3 is 2.55 bits per heavy atom. The van der Waals surface area contributed by atoms with Gasteiger partial charge < -0.3 is 4.90 Å². The molecule has 0 bridgehead atoms. The van der Waals surface area contributed by atoms with Crippen LogP contribution in [0, 0.1) is 6.07 Å². The summed E-state index contributed by atoms with van der Waals surface area (Å²) in [7, 11) is 0. The molecule has 0 spiro atoms. The lowest BCUT2D eigenvalue weighted by atomic mass is 10.3. The van der Waals surface area contributed by atoms with Crippen LogP contribution < -0.4 is 4.90 Å². The van der Waals surface area contributed by atoms with Crippen LogP contribution in [0.5, 0.6) is 0 Å². The number of nitrogens with zero attached hydrogens (tertiary/aromatic N) is 1. The van der Waals surface area contributed by atoms with E-state index in [9.17, 15) is 0 Å². The van der Waals surface area contributed by atoms with Gasteiger partial charge in [0.05, 0.1) is 0 Å². The van der Waals surface area contributed by atoms with Gasteiger partial charge in [-0.05, 0) is 32.0 Å². The highest BCUT2D eigenvalue weighted by atomic mass is 15.1. The van der Waals surface area contributed by atoms with Crippen LogP contribution in [0.3, 0.4) is 0 Å². The van der Waals surface area contributed by atoms with Gasteiger partial charge in [0.1, 0.15) is 0 Å². The lowest BCUT2D eigenvalue weighted by Crippen LogP contribution is -2.21. The maximum Gasteiger partial charge on any atom is 0.0372 e. The van der Waals surface area contributed by atoms with Crippen molar-refractivity contribution in [3.8, 4) is 0 Å². The molecule has 0 fully saturated rings. The molecule has 0 aromatic heterocycles. The predicted molar refractivity (Wildman–Crippen MR) is 48.8 cm³/mol. The minimum Gasteiger partial charge on any atom is -0.372 e. The summed E-state index contributed by atoms with van der Waals surface area (Å²) in [5, 5.41) is 0. The van der Waals surface area contributed by atoms with Crippen LogP contribution in [0.25, 0.3) is 0 Å². The third-order valence-corrected chi connectivity index (χ3v) is 1.82. The van der Waals surface area contributed by atoms with Gasteiger partial charge in [-0.3, -0.25) is 0 Å². The zero-order valence-corrected chi connectivity index (χ0v) is 7.17. The number of benzene rings is 1. The molecule has 1 aromatic rings. The molecule has 0 saturated heterocycles. The van der Waals surface area contributed by atoms with Gasteiger partial charge in [0.2, 0.25) is 0 Å². The van der Waals surface area contributed by atoms with Gasteiger partial charge >= 0.3 is 0 Å². The van der Waals surface area contributed by atoms with E-state index in [1.54, 1.807) is 0 Å². The fraction of sp³-hybridized carbons (Fsp3) is 0.400. The van der Waals surface area contributed by atoms with E-state index < -0.39 is 0 Å². The molecule has 0 atom stereocenters. The summed E-state index contributed by atoms with van der Waals surface area (Å²) in [6.07, 6.45) is 0. The zero-order valence-electron chi connectivity index (χ0n) is 7.17. The van der Waals surface area contributed by atoms with Gasteiger partial charge in [0.15, 0.2) is 0 Å². The summed E-state index contributed by atoms with van der Waals surface area (Å²) in [5.41, 5.74) is 1.26. The molecule has 0 heterocycles. The number of hydrogen-bond acceptors (Lipinski definition) is 1. The molecule has 11 heavy (non-hydrogen) atoms. The van der Waals surface area contributed by atoms with Crippen LogP contribution in [0.15, 0.2) is 24.3 Å². The van der Waals surface area contributed by atoms with E-state index in [1.165, 1.54) is 5.69 Å². The van der Waals surface area contributed by atoms with Crippen molar-refractivity contribution in [2.45, 2.75) is 13.8 Å². The van der Waals surface area contributed by atoms with Crippen molar-refractivity contribution in [2.24, 2.45) is 0 Å². The van der Waals surface area contributed by atoms with Crippen LogP contribution in [0.4, 0.5) is 5.69 Å². The van der Waals surface area contributed by atoms with E-state index >= 15 is 0 Å². The second kappa shape index (κ2) is 4.02. The Balaban J connectivity index is 2.74. The van der Waals surface area contributed by atoms with Crippen LogP contribution >= 0.6 is 0 Å². The van der Waals surface area contributed by atoms with Crippen molar-refractivity contribution in [3.05, 3.63) is 30.3 Å². The molecule has 0 aliphatic carbocycles. The number of hydrogen-bond donors (Lipinski definition) is 0. The molecule has 1 radical (unpaired) electrons. The second-order valence-electron chi connectivity index (χ2n) is 2.43. The monoisotopic (exact) mass is 148 g/mol. The fourth-order valence-corrected chi connectivity index (χ4v) is 1.17. The van der Waals surface area contributed by atoms with Gasteiger partial charge in [-0.1, -0.05) is 12.1 Å². The fourth-order valence-electron chi connectivity index (χ4n) is 1.17. The molecule has 0 amide bonds. The van der Waals surface area contributed by atoms with Gasteiger partial charge in [0, 0.05) is 18.8 Å². The van der Waals surface area contributed by atoms with Crippen molar-refractivity contribution in [2.75, 3.05) is 18.0 Å². The van der Waals surface area contributed by atoms with E-state index in [4.69, 9.17) is 0 Å². The Bertz CT molecular complexity index is 189. The largest absolute Gasteiger partial charge is 0.372 e. The van der Waals surface area contributed by atoms with Gasteiger partial charge in [0.25, 0.3) is 0 Å². The SMILES string of the molecule is CCN(CC)c1c[c]ccc1. The Morgan fingerprint density at radius 2 is 2.09 bits per heavy atom. The minimum absolute atomic E-state index is 1.06. The molecular formula is C10H14N. The molecule has 0 unspecified atom stereocenters. The number of rotatable bonds is 3. The average Bonchev–Trinajstić information content (AvgIpc) is 2.09. The summed E-state index contributed by atoms with van der Waals surface area (Å²) in [4.78, 5) is 2.30. The number of anilines is 1. The molecule has 0 aliphatic heterocycles. The van der Waals surface area contributed by atoms with Crippen LogP contribution in [-0.2, 0) is 0 Å². The maximum absolute atomic E-state index is 3.07. The standard InChI is InChI=1S/C10H14N/c1-3-11(4-2)10-8-6-5-7-9-10/h5-6,8-9H,3-4H2,1-2H3. The molecule has 0 saturated carbocycles. The summed E-state index contributed by atoms with van der Waals surface area (Å²) < 4.78 is 0. The van der Waals surface area contributed by atoms with Crippen LogP contribution in [-0.4, -0.2) is 13.1 Å². The summed E-state index contributed by atoms with van der Waals surface area (Å²) in [6, 6.07) is 11.1. The molecule has 0 N–H and O–H groups in total. The van der Waals surface area contributed by atoms with Crippen molar-refractivity contribution in [3.63, 3.8) is 0 Å². The summed E-state index contributed by atoms with van der Waals surface area (Å²) >= 11 is 0. The second-order valence-corrected chi connectivity index (χ2v) is 2.43. The third kappa shape index (κ3) is 1.97. The molecular weight excluding hydrogens is 134 g/mol. The molecule has 1 rings (SSSR count). The van der Waals surface area contributed by atoms with E-state index in [0.717, 1.165) is 13.1 Å². The van der Waals surface area contributed by atoms with Crippen molar-refractivity contribution in [1.29, 1.82) is 0 Å². The summed E-state index contributed by atoms with van der Waals surface area (Å²) in [6.45, 7) is 6.45. The lowest BCUT2D eigenvalue weighted by Gasteiger charge is -2.20. The molecule has 1 nitrogen and oxygen atoms in total. The Kier molecular flexibility index (Phi) is 2.96. The van der Waals surface area contributed by atoms with Crippen LogP contribution in [0.2, 0.25) is 0 Å². The van der Waals surface area contributed by atoms with E-state index in [2.05, 4.69) is 30.9 Å². The first-order valence-corrected chi connectivity index (χ1v) is 4.09. The van der Waals surface area contributed by atoms with Gasteiger partial charge in [-0.25, -0.2) is 0 Å². The van der Waals surface area contributed by atoms with E-state index in [1.807, 2.05) is 18.2 Å². The first kappa shape index (κ1) is 8.12.